The van der Waals surface area contributed by atoms with Crippen molar-refractivity contribution in [3.05, 3.63) is 83.6 Å². The maximum atomic E-state index is 12.8. The summed E-state index contributed by atoms with van der Waals surface area (Å²) >= 11 is 0. The normalized spacial score (nSPS) is 13.4. The van der Waals surface area contributed by atoms with Crippen molar-refractivity contribution in [2.75, 3.05) is 0 Å². The SMILES string of the molecule is O=C(Cc1c[nH]c2ccccc12)ON1C(=O)c2cccc3cccc(c23)C1=O. The molecule has 1 N–H and O–H groups in total. The van der Waals surface area contributed by atoms with E-state index >= 15 is 0 Å². The van der Waals surface area contributed by atoms with Gasteiger partial charge in [0.1, 0.15) is 0 Å². The van der Waals surface area contributed by atoms with E-state index < -0.39 is 17.8 Å². The molecule has 0 spiro atoms. The Labute approximate surface area is 159 Å². The number of amides is 2. The molecule has 3 aromatic carbocycles. The zero-order valence-corrected chi connectivity index (χ0v) is 14.6. The number of benzene rings is 3. The first-order chi connectivity index (χ1) is 13.6. The van der Waals surface area contributed by atoms with Crippen molar-refractivity contribution in [2.45, 2.75) is 6.42 Å². The molecule has 0 bridgehead atoms. The molecule has 0 saturated heterocycles. The molecule has 2 heterocycles. The zero-order chi connectivity index (χ0) is 19.3. The highest BCUT2D eigenvalue weighted by Gasteiger charge is 2.36. The fourth-order valence-electron chi connectivity index (χ4n) is 3.66. The van der Waals surface area contributed by atoms with Crippen molar-refractivity contribution in [3.8, 4) is 0 Å². The van der Waals surface area contributed by atoms with Gasteiger partial charge in [-0.1, -0.05) is 47.5 Å². The standard InChI is InChI=1S/C22H14N2O4/c25-19(11-14-12-23-18-10-2-1-7-15(14)18)28-24-21(26)16-8-3-5-13-6-4-9-17(20(13)16)22(24)27/h1-10,12,23H,11H2. The lowest BCUT2D eigenvalue weighted by Gasteiger charge is -2.25. The number of hydrogen-bond donors (Lipinski definition) is 1. The number of hydroxylamine groups is 2. The van der Waals surface area contributed by atoms with E-state index in [4.69, 9.17) is 4.84 Å². The molecule has 5 rings (SSSR count). The third kappa shape index (κ3) is 2.39. The van der Waals surface area contributed by atoms with Crippen LogP contribution in [0.15, 0.2) is 66.9 Å². The van der Waals surface area contributed by atoms with E-state index in [2.05, 4.69) is 4.98 Å². The second kappa shape index (κ2) is 6.06. The molecule has 1 aliphatic rings. The van der Waals surface area contributed by atoms with Crippen LogP contribution < -0.4 is 0 Å². The largest absolute Gasteiger partial charge is 0.361 e. The smallest absolute Gasteiger partial charge is 0.337 e. The monoisotopic (exact) mass is 370 g/mol. The highest BCUT2D eigenvalue weighted by atomic mass is 16.7. The predicted octanol–water partition coefficient (Wildman–Crippen LogP) is 3.62. The Hall–Kier alpha value is -3.93. The average Bonchev–Trinajstić information content (AvgIpc) is 3.12. The van der Waals surface area contributed by atoms with Gasteiger partial charge in [-0.05, 0) is 29.1 Å². The Kier molecular flexibility index (Phi) is 3.52. The van der Waals surface area contributed by atoms with Crippen LogP contribution in [0, 0.1) is 0 Å². The fourth-order valence-corrected chi connectivity index (χ4v) is 3.66. The summed E-state index contributed by atoms with van der Waals surface area (Å²) in [5.74, 6) is -1.96. The first-order valence-electron chi connectivity index (χ1n) is 8.80. The Balaban J connectivity index is 1.45. The van der Waals surface area contributed by atoms with Crippen LogP contribution >= 0.6 is 0 Å². The minimum absolute atomic E-state index is 0.0626. The Morgan fingerprint density at radius 3 is 2.29 bits per heavy atom. The molecule has 0 radical (unpaired) electrons. The summed E-state index contributed by atoms with van der Waals surface area (Å²) < 4.78 is 0. The van der Waals surface area contributed by atoms with Gasteiger partial charge >= 0.3 is 5.97 Å². The van der Waals surface area contributed by atoms with Crippen LogP contribution in [0.2, 0.25) is 0 Å². The minimum Gasteiger partial charge on any atom is -0.361 e. The van der Waals surface area contributed by atoms with Crippen LogP contribution in [0.1, 0.15) is 26.3 Å². The third-order valence-electron chi connectivity index (χ3n) is 4.94. The van der Waals surface area contributed by atoms with E-state index in [1.165, 1.54) is 0 Å². The summed E-state index contributed by atoms with van der Waals surface area (Å²) in [6.45, 7) is 0. The Bertz CT molecular complexity index is 1240. The van der Waals surface area contributed by atoms with Crippen LogP contribution in [-0.2, 0) is 16.1 Å². The quantitative estimate of drug-likeness (QED) is 0.559. The van der Waals surface area contributed by atoms with Crippen LogP contribution in [-0.4, -0.2) is 27.8 Å². The summed E-state index contributed by atoms with van der Waals surface area (Å²) in [5.41, 5.74) is 2.32. The number of H-pyrrole nitrogens is 1. The lowest BCUT2D eigenvalue weighted by molar-refractivity contribution is -0.168. The highest BCUT2D eigenvalue weighted by molar-refractivity contribution is 6.25. The van der Waals surface area contributed by atoms with Crippen molar-refractivity contribution in [1.29, 1.82) is 0 Å². The summed E-state index contributed by atoms with van der Waals surface area (Å²) in [4.78, 5) is 46.4. The van der Waals surface area contributed by atoms with E-state index in [-0.39, 0.29) is 6.42 Å². The number of nitrogens with one attached hydrogen (secondary N) is 1. The molecule has 1 aliphatic heterocycles. The first kappa shape index (κ1) is 16.3. The Morgan fingerprint density at radius 2 is 1.57 bits per heavy atom. The van der Waals surface area contributed by atoms with E-state index in [9.17, 15) is 14.4 Å². The lowest BCUT2D eigenvalue weighted by Crippen LogP contribution is -2.42. The molecule has 0 fully saturated rings. The molecule has 1 aromatic heterocycles. The van der Waals surface area contributed by atoms with Gasteiger partial charge in [0.25, 0.3) is 11.8 Å². The van der Waals surface area contributed by atoms with Crippen molar-refractivity contribution in [1.82, 2.24) is 10.0 Å². The van der Waals surface area contributed by atoms with Gasteiger partial charge in [-0.2, -0.15) is 0 Å². The highest BCUT2D eigenvalue weighted by Crippen LogP contribution is 2.30. The van der Waals surface area contributed by atoms with Crippen molar-refractivity contribution in [2.24, 2.45) is 0 Å². The number of aromatic nitrogens is 1. The molecule has 4 aromatic rings. The minimum atomic E-state index is -0.682. The van der Waals surface area contributed by atoms with Gasteiger partial charge in [0.2, 0.25) is 0 Å². The maximum absolute atomic E-state index is 12.8. The summed E-state index contributed by atoms with van der Waals surface area (Å²) in [5, 5.41) is 2.84. The molecular formula is C22H14N2O4. The van der Waals surface area contributed by atoms with Crippen LogP contribution in [0.3, 0.4) is 0 Å². The number of imide groups is 1. The fraction of sp³-hybridized carbons (Fsp3) is 0.0455. The molecule has 28 heavy (non-hydrogen) atoms. The van der Waals surface area contributed by atoms with Crippen LogP contribution in [0.5, 0.6) is 0 Å². The van der Waals surface area contributed by atoms with Crippen molar-refractivity contribution >= 4 is 39.5 Å². The van der Waals surface area contributed by atoms with Crippen LogP contribution in [0.25, 0.3) is 21.7 Å². The van der Waals surface area contributed by atoms with Crippen molar-refractivity contribution < 1.29 is 19.2 Å². The van der Waals surface area contributed by atoms with Gasteiger partial charge in [0, 0.05) is 22.5 Å². The van der Waals surface area contributed by atoms with Gasteiger partial charge in [0.15, 0.2) is 0 Å². The number of carbonyl (C=O) groups is 3. The molecule has 0 atom stereocenters. The molecule has 6 heteroatoms. The third-order valence-corrected chi connectivity index (χ3v) is 4.94. The van der Waals surface area contributed by atoms with Crippen LogP contribution in [0.4, 0.5) is 0 Å². The van der Waals surface area contributed by atoms with E-state index in [1.54, 1.807) is 30.5 Å². The number of nitrogens with zero attached hydrogens (tertiary/aromatic N) is 1. The van der Waals surface area contributed by atoms with Gasteiger partial charge in [-0.3, -0.25) is 9.59 Å². The topological polar surface area (TPSA) is 79.5 Å². The van der Waals surface area contributed by atoms with Gasteiger partial charge in [-0.25, -0.2) is 4.79 Å². The molecule has 0 saturated carbocycles. The maximum Gasteiger partial charge on any atom is 0.337 e. The molecular weight excluding hydrogens is 356 g/mol. The van der Waals surface area contributed by atoms with E-state index in [0.717, 1.165) is 21.9 Å². The number of aromatic amines is 1. The molecule has 2 amide bonds. The molecule has 6 nitrogen and oxygen atoms in total. The molecule has 0 unspecified atom stereocenters. The second-order valence-corrected chi connectivity index (χ2v) is 6.61. The van der Waals surface area contributed by atoms with E-state index in [0.29, 0.717) is 21.6 Å². The number of rotatable bonds is 3. The zero-order valence-electron chi connectivity index (χ0n) is 14.6. The summed E-state index contributed by atoms with van der Waals surface area (Å²) in [6.07, 6.45) is 1.66. The van der Waals surface area contributed by atoms with E-state index in [1.807, 2.05) is 36.4 Å². The molecule has 136 valence electrons. The number of hydrogen-bond acceptors (Lipinski definition) is 4. The molecule has 0 aliphatic carbocycles. The summed E-state index contributed by atoms with van der Waals surface area (Å²) in [7, 11) is 0. The summed E-state index contributed by atoms with van der Waals surface area (Å²) in [6, 6.07) is 18.0. The predicted molar refractivity (Wildman–Crippen MR) is 103 cm³/mol. The second-order valence-electron chi connectivity index (χ2n) is 6.61. The Morgan fingerprint density at radius 1 is 0.893 bits per heavy atom. The van der Waals surface area contributed by atoms with Crippen molar-refractivity contribution in [3.63, 3.8) is 0 Å². The number of para-hydroxylation sites is 1. The van der Waals surface area contributed by atoms with Gasteiger partial charge in [0.05, 0.1) is 17.5 Å². The number of fused-ring (bicyclic) bond motifs is 1. The first-order valence-corrected chi connectivity index (χ1v) is 8.80. The van der Waals surface area contributed by atoms with Gasteiger partial charge in [-0.15, -0.1) is 0 Å². The average molecular weight is 370 g/mol. The number of carbonyl (C=O) groups excluding carboxylic acids is 3. The lowest BCUT2D eigenvalue weighted by atomic mass is 9.95. The van der Waals surface area contributed by atoms with Gasteiger partial charge < -0.3 is 9.82 Å².